The summed E-state index contributed by atoms with van der Waals surface area (Å²) in [6.07, 6.45) is 18.1. The summed E-state index contributed by atoms with van der Waals surface area (Å²) in [4.78, 5) is 21.3. The Morgan fingerprint density at radius 3 is 1.50 bits per heavy atom. The number of aliphatic carboxylic acids is 1. The van der Waals surface area contributed by atoms with Crippen molar-refractivity contribution < 1.29 is 14.7 Å². The standard InChI is InChI=1S/C16H37P.C9H9NO3/c1-5-9-13-17(14-10-6-2,15-11-7-3)16-12-8-4;11-8(12)6-10-9(13)7-4-2-1-3-5-7/h17H,5-16H2,1-4H3;1-5H,6H2,(H,10,13)(H,11,12). The van der Waals surface area contributed by atoms with Crippen LogP contribution in [-0.4, -0.2) is 48.2 Å². The Morgan fingerprint density at radius 2 is 1.17 bits per heavy atom. The predicted octanol–water partition coefficient (Wildman–Crippen LogP) is 6.44. The van der Waals surface area contributed by atoms with Crippen molar-refractivity contribution >= 4 is 19.1 Å². The number of rotatable bonds is 15. The summed E-state index contributed by atoms with van der Waals surface area (Å²) in [6, 6.07) is 8.47. The fraction of sp³-hybridized carbons (Fsp3) is 0.680. The van der Waals surface area contributed by atoms with Crippen LogP contribution in [0.25, 0.3) is 0 Å². The molecule has 0 heterocycles. The molecule has 5 heteroatoms. The van der Waals surface area contributed by atoms with Crippen LogP contribution in [0.1, 0.15) is 89.4 Å². The number of carbonyl (C=O) groups excluding carboxylic acids is 1. The molecule has 174 valence electrons. The third kappa shape index (κ3) is 13.7. The van der Waals surface area contributed by atoms with Gasteiger partial charge in [-0.1, -0.05) is 18.2 Å². The molecule has 1 rings (SSSR count). The number of carboxylic acid groups (broad SMARTS) is 1. The third-order valence-electron chi connectivity index (χ3n) is 5.68. The smallest absolute Gasteiger partial charge is 0.322 e. The molecule has 1 aromatic rings. The van der Waals surface area contributed by atoms with E-state index in [4.69, 9.17) is 5.11 Å². The molecular weight excluding hydrogens is 393 g/mol. The van der Waals surface area contributed by atoms with Gasteiger partial charge in [0.2, 0.25) is 0 Å². The molecule has 0 fully saturated rings. The molecule has 0 saturated carbocycles. The molecule has 2 N–H and O–H groups in total. The van der Waals surface area contributed by atoms with Crippen molar-refractivity contribution in [3.05, 3.63) is 35.9 Å². The van der Waals surface area contributed by atoms with Crippen LogP contribution in [-0.2, 0) is 4.79 Å². The number of carboxylic acids is 1. The summed E-state index contributed by atoms with van der Waals surface area (Å²) in [7, 11) is -0.879. The zero-order chi connectivity index (χ0) is 22.7. The molecule has 1 amide bonds. The van der Waals surface area contributed by atoms with Gasteiger partial charge in [-0.25, -0.2) is 0 Å². The Balaban J connectivity index is 0.000000579. The number of amides is 1. The van der Waals surface area contributed by atoms with Gasteiger partial charge in [-0.2, -0.15) is 0 Å². The van der Waals surface area contributed by atoms with Gasteiger partial charge in [0.25, 0.3) is 5.91 Å². The van der Waals surface area contributed by atoms with Crippen LogP contribution in [0.2, 0.25) is 0 Å². The van der Waals surface area contributed by atoms with Crippen molar-refractivity contribution in [3.63, 3.8) is 0 Å². The van der Waals surface area contributed by atoms with Crippen molar-refractivity contribution in [1.82, 2.24) is 5.32 Å². The average Bonchev–Trinajstić information content (AvgIpc) is 2.77. The van der Waals surface area contributed by atoms with E-state index in [1.165, 1.54) is 51.4 Å². The Labute approximate surface area is 185 Å². The second-order valence-electron chi connectivity index (χ2n) is 8.36. The van der Waals surface area contributed by atoms with Crippen molar-refractivity contribution in [2.75, 3.05) is 31.2 Å². The van der Waals surface area contributed by atoms with E-state index in [-0.39, 0.29) is 12.5 Å². The van der Waals surface area contributed by atoms with E-state index in [0.717, 1.165) is 0 Å². The molecule has 0 aliphatic rings. The summed E-state index contributed by atoms with van der Waals surface area (Å²) in [5.41, 5.74) is 0.462. The van der Waals surface area contributed by atoms with E-state index in [9.17, 15) is 9.59 Å². The second kappa shape index (κ2) is 18.4. The molecule has 0 aromatic heterocycles. The third-order valence-corrected chi connectivity index (χ3v) is 11.3. The monoisotopic (exact) mass is 439 g/mol. The van der Waals surface area contributed by atoms with Gasteiger partial charge in [-0.3, -0.25) is 9.59 Å². The quantitative estimate of drug-likeness (QED) is 0.309. The van der Waals surface area contributed by atoms with Crippen LogP contribution in [0.3, 0.4) is 0 Å². The predicted molar refractivity (Wildman–Crippen MR) is 134 cm³/mol. The zero-order valence-corrected chi connectivity index (χ0v) is 20.8. The van der Waals surface area contributed by atoms with Crippen LogP contribution < -0.4 is 5.32 Å². The van der Waals surface area contributed by atoms with Crippen LogP contribution in [0.4, 0.5) is 0 Å². The maximum absolute atomic E-state index is 11.2. The maximum atomic E-state index is 11.2. The molecule has 0 atom stereocenters. The largest absolute Gasteiger partial charge is 0.480 e. The van der Waals surface area contributed by atoms with Gasteiger partial charge in [0.05, 0.1) is 0 Å². The minimum Gasteiger partial charge on any atom is -0.480 e. The van der Waals surface area contributed by atoms with Gasteiger partial charge >= 0.3 is 117 Å². The molecule has 0 spiro atoms. The van der Waals surface area contributed by atoms with E-state index in [0.29, 0.717) is 5.56 Å². The van der Waals surface area contributed by atoms with Gasteiger partial charge in [-0.05, 0) is 12.1 Å². The van der Waals surface area contributed by atoms with Crippen molar-refractivity contribution in [3.8, 4) is 0 Å². The van der Waals surface area contributed by atoms with Crippen molar-refractivity contribution in [1.29, 1.82) is 0 Å². The maximum Gasteiger partial charge on any atom is 0.322 e. The number of unbranched alkanes of at least 4 members (excludes halogenated alkanes) is 4. The topological polar surface area (TPSA) is 66.4 Å². The van der Waals surface area contributed by atoms with Crippen LogP contribution in [0.5, 0.6) is 0 Å². The first-order chi connectivity index (χ1) is 14.4. The minimum atomic E-state index is -1.05. The molecular formula is C25H46NO3P. The molecule has 0 radical (unpaired) electrons. The number of hydrogen-bond donors (Lipinski definition) is 2. The summed E-state index contributed by atoms with van der Waals surface area (Å²) in [5, 5.41) is 10.6. The van der Waals surface area contributed by atoms with E-state index >= 15 is 0 Å². The van der Waals surface area contributed by atoms with Crippen molar-refractivity contribution in [2.45, 2.75) is 79.1 Å². The van der Waals surface area contributed by atoms with Gasteiger partial charge in [0.15, 0.2) is 0 Å². The minimum absolute atomic E-state index is 0.353. The first-order valence-electron chi connectivity index (χ1n) is 12.0. The van der Waals surface area contributed by atoms with E-state index < -0.39 is 13.2 Å². The van der Waals surface area contributed by atoms with Crippen LogP contribution in [0, 0.1) is 0 Å². The normalized spacial score (nSPS) is 11.3. The molecule has 0 aliphatic heterocycles. The van der Waals surface area contributed by atoms with Gasteiger partial charge in [-0.15, -0.1) is 0 Å². The van der Waals surface area contributed by atoms with Gasteiger partial charge in [0, 0.05) is 5.56 Å². The number of benzene rings is 1. The molecule has 0 aliphatic carbocycles. The zero-order valence-electron chi connectivity index (χ0n) is 19.8. The van der Waals surface area contributed by atoms with Crippen LogP contribution in [0.15, 0.2) is 30.3 Å². The summed E-state index contributed by atoms with van der Waals surface area (Å²) in [6.45, 7) is 9.09. The molecule has 30 heavy (non-hydrogen) atoms. The second-order valence-corrected chi connectivity index (χ2v) is 13.4. The molecule has 0 saturated heterocycles. The molecule has 1 aromatic carbocycles. The van der Waals surface area contributed by atoms with E-state index in [1.54, 1.807) is 55.0 Å². The Morgan fingerprint density at radius 1 is 0.767 bits per heavy atom. The molecule has 0 unspecified atom stereocenters. The molecule has 0 bridgehead atoms. The summed E-state index contributed by atoms with van der Waals surface area (Å²) < 4.78 is 0. The van der Waals surface area contributed by atoms with E-state index in [2.05, 4.69) is 33.0 Å². The number of carbonyl (C=O) groups is 2. The Bertz CT molecular complexity index is 525. The van der Waals surface area contributed by atoms with Gasteiger partial charge in [0.1, 0.15) is 6.54 Å². The number of nitrogens with one attached hydrogen (secondary N) is 1. The van der Waals surface area contributed by atoms with Gasteiger partial charge < -0.3 is 10.4 Å². The number of hydrogen-bond acceptors (Lipinski definition) is 2. The van der Waals surface area contributed by atoms with Crippen LogP contribution >= 0.6 is 7.26 Å². The fourth-order valence-corrected chi connectivity index (χ4v) is 9.72. The molecule has 4 nitrogen and oxygen atoms in total. The van der Waals surface area contributed by atoms with E-state index in [1.807, 2.05) is 0 Å². The summed E-state index contributed by atoms with van der Waals surface area (Å²) in [5.74, 6) is -1.42. The van der Waals surface area contributed by atoms with Crippen molar-refractivity contribution in [2.24, 2.45) is 0 Å². The SMILES string of the molecule is CCCC[PH](CCCC)(CCCC)CCCC.O=C(O)CNC(=O)c1ccccc1. The first-order valence-corrected chi connectivity index (χ1v) is 14.8. The Hall–Kier alpha value is -1.41. The average molecular weight is 440 g/mol. The fourth-order valence-electron chi connectivity index (χ4n) is 3.80. The Kier molecular flexibility index (Phi) is 17.5. The summed E-state index contributed by atoms with van der Waals surface area (Å²) >= 11 is 0. The first kappa shape index (κ1) is 28.6.